The molecule has 2 fully saturated rings. The summed E-state index contributed by atoms with van der Waals surface area (Å²) in [6, 6.07) is 4.21. The molecule has 2 heterocycles. The van der Waals surface area contributed by atoms with Crippen LogP contribution in [-0.2, 0) is 9.59 Å². The number of likely N-dealkylation sites (tertiary alicyclic amines) is 2. The van der Waals surface area contributed by atoms with Crippen molar-refractivity contribution in [1.82, 2.24) is 9.80 Å². The Bertz CT molecular complexity index is 671. The number of hydrogen-bond donors (Lipinski definition) is 1. The van der Waals surface area contributed by atoms with Gasteiger partial charge in [0.25, 0.3) is 0 Å². The normalized spacial score (nSPS) is 20.2. The lowest BCUT2D eigenvalue weighted by atomic mass is 9.94. The molecule has 0 spiro atoms. The van der Waals surface area contributed by atoms with Crippen molar-refractivity contribution in [3.63, 3.8) is 0 Å². The number of hydrogen-bond acceptors (Lipinski definition) is 3. The zero-order valence-corrected chi connectivity index (χ0v) is 16.6. The minimum Gasteiger partial charge on any atom is -0.342 e. The SMILES string of the molecule is CC(C(=O)Nc1ccc(Br)cc1F)N1CCC(C(=O)N2CCCC2)CC1. The van der Waals surface area contributed by atoms with Crippen LogP contribution in [0.2, 0.25) is 0 Å². The van der Waals surface area contributed by atoms with Crippen LogP contribution in [0.5, 0.6) is 0 Å². The Labute approximate surface area is 162 Å². The molecular weight excluding hydrogens is 401 g/mol. The largest absolute Gasteiger partial charge is 0.342 e. The molecule has 2 aliphatic heterocycles. The van der Waals surface area contributed by atoms with Crippen molar-refractivity contribution in [2.75, 3.05) is 31.5 Å². The van der Waals surface area contributed by atoms with Crippen molar-refractivity contribution in [3.05, 3.63) is 28.5 Å². The fourth-order valence-electron chi connectivity index (χ4n) is 3.72. The van der Waals surface area contributed by atoms with E-state index in [9.17, 15) is 14.0 Å². The number of amides is 2. The van der Waals surface area contributed by atoms with Gasteiger partial charge in [-0.2, -0.15) is 0 Å². The van der Waals surface area contributed by atoms with E-state index >= 15 is 0 Å². The van der Waals surface area contributed by atoms with Crippen LogP contribution in [-0.4, -0.2) is 53.8 Å². The first kappa shape index (κ1) is 19.3. The van der Waals surface area contributed by atoms with Crippen molar-refractivity contribution < 1.29 is 14.0 Å². The maximum absolute atomic E-state index is 13.9. The summed E-state index contributed by atoms with van der Waals surface area (Å²) in [7, 11) is 0. The molecule has 0 saturated carbocycles. The molecule has 2 aliphatic rings. The minimum atomic E-state index is -0.463. The van der Waals surface area contributed by atoms with Crippen LogP contribution in [0.3, 0.4) is 0 Å². The Kier molecular flexibility index (Phi) is 6.29. The Balaban J connectivity index is 1.51. The number of benzene rings is 1. The molecular formula is C19H25BrFN3O2. The summed E-state index contributed by atoms with van der Waals surface area (Å²) in [4.78, 5) is 29.0. The lowest BCUT2D eigenvalue weighted by molar-refractivity contribution is -0.136. The Hall–Kier alpha value is -1.47. The first-order valence-corrected chi connectivity index (χ1v) is 10.0. The molecule has 1 atom stereocenters. The lowest BCUT2D eigenvalue weighted by Gasteiger charge is -2.36. The summed E-state index contributed by atoms with van der Waals surface area (Å²) >= 11 is 3.20. The first-order valence-electron chi connectivity index (χ1n) is 9.24. The number of carbonyl (C=O) groups excluding carboxylic acids is 2. The van der Waals surface area contributed by atoms with Crippen molar-refractivity contribution in [2.24, 2.45) is 5.92 Å². The monoisotopic (exact) mass is 425 g/mol. The molecule has 2 amide bonds. The second-order valence-corrected chi connectivity index (χ2v) is 8.05. The molecule has 1 aromatic rings. The van der Waals surface area contributed by atoms with Gasteiger partial charge in [-0.3, -0.25) is 14.5 Å². The highest BCUT2D eigenvalue weighted by atomic mass is 79.9. The Morgan fingerprint density at radius 1 is 1.19 bits per heavy atom. The number of carbonyl (C=O) groups is 2. The first-order chi connectivity index (χ1) is 12.5. The van der Waals surface area contributed by atoms with Gasteiger partial charge < -0.3 is 10.2 Å². The topological polar surface area (TPSA) is 52.7 Å². The van der Waals surface area contributed by atoms with Crippen LogP contribution in [0.4, 0.5) is 10.1 Å². The van der Waals surface area contributed by atoms with E-state index in [0.29, 0.717) is 17.6 Å². The third-order valence-electron chi connectivity index (χ3n) is 5.41. The van der Waals surface area contributed by atoms with Crippen LogP contribution in [0.15, 0.2) is 22.7 Å². The molecule has 0 bridgehead atoms. The summed E-state index contributed by atoms with van der Waals surface area (Å²) in [6.45, 7) is 5.02. The standard InChI is InChI=1S/C19H25BrFN3O2/c1-13(18(25)22-17-5-4-15(20)12-16(17)21)23-10-6-14(7-11-23)19(26)24-8-2-3-9-24/h4-5,12-14H,2-3,6-11H2,1H3,(H,22,25). The van der Waals surface area contributed by atoms with Gasteiger partial charge in [-0.15, -0.1) is 0 Å². The number of nitrogens with one attached hydrogen (secondary N) is 1. The van der Waals surface area contributed by atoms with Crippen LogP contribution in [0.1, 0.15) is 32.6 Å². The summed E-state index contributed by atoms with van der Waals surface area (Å²) in [5.74, 6) is -0.342. The highest BCUT2D eigenvalue weighted by Gasteiger charge is 2.32. The molecule has 26 heavy (non-hydrogen) atoms. The molecule has 5 nitrogen and oxygen atoms in total. The van der Waals surface area contributed by atoms with E-state index in [1.54, 1.807) is 12.1 Å². The van der Waals surface area contributed by atoms with Crippen molar-refractivity contribution in [2.45, 2.75) is 38.6 Å². The molecule has 0 aromatic heterocycles. The second kappa shape index (κ2) is 8.48. The molecule has 1 N–H and O–H groups in total. The summed E-state index contributed by atoms with van der Waals surface area (Å²) in [5, 5.41) is 2.66. The van der Waals surface area contributed by atoms with Crippen LogP contribution < -0.4 is 5.32 Å². The van der Waals surface area contributed by atoms with Crippen LogP contribution in [0.25, 0.3) is 0 Å². The number of halogens is 2. The summed E-state index contributed by atoms with van der Waals surface area (Å²) < 4.78 is 14.5. The average Bonchev–Trinajstić information content (AvgIpc) is 3.17. The fraction of sp³-hybridized carbons (Fsp3) is 0.579. The third-order valence-corrected chi connectivity index (χ3v) is 5.91. The second-order valence-electron chi connectivity index (χ2n) is 7.13. The quantitative estimate of drug-likeness (QED) is 0.805. The predicted molar refractivity (Wildman–Crippen MR) is 102 cm³/mol. The predicted octanol–water partition coefficient (Wildman–Crippen LogP) is 3.25. The lowest BCUT2D eigenvalue weighted by Crippen LogP contribution is -2.48. The third kappa shape index (κ3) is 4.43. The van der Waals surface area contributed by atoms with Gasteiger partial charge in [0.05, 0.1) is 11.7 Å². The minimum absolute atomic E-state index is 0.0727. The molecule has 7 heteroatoms. The van der Waals surface area contributed by atoms with Gasteiger partial charge in [-0.05, 0) is 63.9 Å². The summed E-state index contributed by atoms with van der Waals surface area (Å²) in [6.07, 6.45) is 3.77. The zero-order valence-electron chi connectivity index (χ0n) is 15.0. The van der Waals surface area contributed by atoms with Gasteiger partial charge in [-0.25, -0.2) is 4.39 Å². The van der Waals surface area contributed by atoms with Gasteiger partial charge in [-0.1, -0.05) is 15.9 Å². The fourth-order valence-corrected chi connectivity index (χ4v) is 4.06. The van der Waals surface area contributed by atoms with Gasteiger partial charge in [0, 0.05) is 23.5 Å². The average molecular weight is 426 g/mol. The van der Waals surface area contributed by atoms with E-state index in [1.807, 2.05) is 11.8 Å². The Morgan fingerprint density at radius 2 is 1.85 bits per heavy atom. The molecule has 3 rings (SSSR count). The number of anilines is 1. The van der Waals surface area contributed by atoms with E-state index < -0.39 is 5.82 Å². The molecule has 0 aliphatic carbocycles. The van der Waals surface area contributed by atoms with Gasteiger partial charge in [0.1, 0.15) is 5.82 Å². The van der Waals surface area contributed by atoms with E-state index in [-0.39, 0.29) is 29.5 Å². The molecule has 142 valence electrons. The highest BCUT2D eigenvalue weighted by Crippen LogP contribution is 2.24. The van der Waals surface area contributed by atoms with E-state index in [4.69, 9.17) is 0 Å². The molecule has 1 aromatic carbocycles. The highest BCUT2D eigenvalue weighted by molar-refractivity contribution is 9.10. The van der Waals surface area contributed by atoms with Crippen molar-refractivity contribution >= 4 is 33.4 Å². The van der Waals surface area contributed by atoms with Gasteiger partial charge >= 0.3 is 0 Å². The molecule has 0 radical (unpaired) electrons. The van der Waals surface area contributed by atoms with Crippen molar-refractivity contribution in [1.29, 1.82) is 0 Å². The van der Waals surface area contributed by atoms with E-state index in [0.717, 1.165) is 38.8 Å². The molecule has 2 saturated heterocycles. The van der Waals surface area contributed by atoms with Crippen LogP contribution >= 0.6 is 15.9 Å². The maximum Gasteiger partial charge on any atom is 0.241 e. The zero-order chi connectivity index (χ0) is 18.7. The van der Waals surface area contributed by atoms with Crippen LogP contribution in [0, 0.1) is 11.7 Å². The van der Waals surface area contributed by atoms with E-state index in [2.05, 4.69) is 26.1 Å². The van der Waals surface area contributed by atoms with Gasteiger partial charge in [0.15, 0.2) is 0 Å². The summed E-state index contributed by atoms with van der Waals surface area (Å²) in [5.41, 5.74) is 0.184. The van der Waals surface area contributed by atoms with Crippen molar-refractivity contribution in [3.8, 4) is 0 Å². The molecule has 1 unspecified atom stereocenters. The number of nitrogens with zero attached hydrogens (tertiary/aromatic N) is 2. The smallest absolute Gasteiger partial charge is 0.241 e. The Morgan fingerprint density at radius 3 is 2.46 bits per heavy atom. The van der Waals surface area contributed by atoms with Gasteiger partial charge in [0.2, 0.25) is 11.8 Å². The number of piperidine rings is 1. The maximum atomic E-state index is 13.9. The number of rotatable bonds is 4. The van der Waals surface area contributed by atoms with E-state index in [1.165, 1.54) is 6.07 Å².